The van der Waals surface area contributed by atoms with Crippen LogP contribution in [0.5, 0.6) is 0 Å². The lowest BCUT2D eigenvalue weighted by molar-refractivity contribution is -0.660. The van der Waals surface area contributed by atoms with Gasteiger partial charge in [0.05, 0.1) is 0 Å². The van der Waals surface area contributed by atoms with Gasteiger partial charge in [0, 0.05) is 17.7 Å². The van der Waals surface area contributed by atoms with Gasteiger partial charge < -0.3 is 0 Å². The van der Waals surface area contributed by atoms with Gasteiger partial charge in [0.25, 0.3) is 0 Å². The molecule has 0 spiro atoms. The summed E-state index contributed by atoms with van der Waals surface area (Å²) in [6, 6.07) is 11.3. The van der Waals surface area contributed by atoms with Gasteiger partial charge in [-0.2, -0.15) is 0 Å². The summed E-state index contributed by atoms with van der Waals surface area (Å²) in [7, 11) is 2.13. The second-order valence-corrected chi connectivity index (χ2v) is 6.20. The molecule has 0 atom stereocenters. The topological polar surface area (TPSA) is 3.88 Å². The average molecular weight is 266 g/mol. The van der Waals surface area contributed by atoms with Gasteiger partial charge in [0.2, 0.25) is 5.69 Å². The predicted octanol–water partition coefficient (Wildman–Crippen LogP) is 4.45. The zero-order chi connectivity index (χ0) is 14.1. The van der Waals surface area contributed by atoms with Crippen molar-refractivity contribution >= 4 is 0 Å². The highest BCUT2D eigenvalue weighted by atomic mass is 14.9. The Balaban J connectivity index is 2.11. The number of aryl methyl sites for hydroxylation is 3. The zero-order valence-electron chi connectivity index (χ0n) is 12.8. The van der Waals surface area contributed by atoms with Gasteiger partial charge in [-0.3, -0.25) is 0 Å². The summed E-state index contributed by atoms with van der Waals surface area (Å²) >= 11 is 0. The number of rotatable bonds is 2. The van der Waals surface area contributed by atoms with E-state index in [1.807, 2.05) is 0 Å². The lowest BCUT2D eigenvalue weighted by atomic mass is 9.89. The smallest absolute Gasteiger partial charge is 0.201 e. The van der Waals surface area contributed by atoms with E-state index in [2.05, 4.69) is 62.0 Å². The third-order valence-electron chi connectivity index (χ3n) is 4.74. The fourth-order valence-corrected chi connectivity index (χ4v) is 3.62. The summed E-state index contributed by atoms with van der Waals surface area (Å²) in [4.78, 5) is 0. The molecule has 1 fully saturated rings. The molecule has 1 nitrogen and oxygen atoms in total. The van der Waals surface area contributed by atoms with Gasteiger partial charge in [-0.05, 0) is 61.4 Å². The van der Waals surface area contributed by atoms with Crippen LogP contribution in [-0.2, 0) is 7.05 Å². The molecule has 0 radical (unpaired) electrons. The van der Waals surface area contributed by atoms with Crippen LogP contribution in [0, 0.1) is 13.8 Å². The van der Waals surface area contributed by atoms with Crippen LogP contribution in [0.25, 0.3) is 11.3 Å². The van der Waals surface area contributed by atoms with E-state index in [1.54, 1.807) is 5.56 Å². The molecule has 0 bridgehead atoms. The van der Waals surface area contributed by atoms with Crippen molar-refractivity contribution < 1.29 is 4.57 Å². The molecule has 0 saturated heterocycles. The largest absolute Gasteiger partial charge is 0.212 e. The first kappa shape index (κ1) is 13.4. The molecule has 1 heteroatoms. The number of pyridine rings is 1. The minimum absolute atomic E-state index is 0.781. The number of hydrogen-bond donors (Lipinski definition) is 0. The lowest BCUT2D eigenvalue weighted by Gasteiger charge is -2.16. The van der Waals surface area contributed by atoms with Crippen molar-refractivity contribution in [3.8, 4) is 11.3 Å². The molecule has 1 aliphatic rings. The van der Waals surface area contributed by atoms with Crippen LogP contribution in [-0.4, -0.2) is 0 Å². The van der Waals surface area contributed by atoms with E-state index in [4.69, 9.17) is 0 Å². The number of benzene rings is 1. The fraction of sp³-hybridized carbons (Fsp3) is 0.421. The van der Waals surface area contributed by atoms with Crippen molar-refractivity contribution in [2.24, 2.45) is 7.05 Å². The molecule has 1 saturated carbocycles. The van der Waals surface area contributed by atoms with E-state index in [0.29, 0.717) is 0 Å². The predicted molar refractivity (Wildman–Crippen MR) is 83.7 cm³/mol. The highest BCUT2D eigenvalue weighted by molar-refractivity contribution is 5.63. The molecule has 2 aromatic rings. The van der Waals surface area contributed by atoms with E-state index >= 15 is 0 Å². The lowest BCUT2D eigenvalue weighted by Crippen LogP contribution is -2.30. The molecule has 104 valence electrons. The van der Waals surface area contributed by atoms with Crippen molar-refractivity contribution in [3.05, 3.63) is 53.2 Å². The Labute approximate surface area is 122 Å². The molecule has 3 rings (SSSR count). The van der Waals surface area contributed by atoms with Crippen molar-refractivity contribution in [2.45, 2.75) is 45.4 Å². The normalized spacial score (nSPS) is 15.8. The van der Waals surface area contributed by atoms with Gasteiger partial charge in [0.15, 0.2) is 6.20 Å². The van der Waals surface area contributed by atoms with Crippen LogP contribution in [0.3, 0.4) is 0 Å². The van der Waals surface area contributed by atoms with E-state index < -0.39 is 0 Å². The van der Waals surface area contributed by atoms with Crippen LogP contribution in [0.4, 0.5) is 0 Å². The van der Waals surface area contributed by atoms with Crippen LogP contribution in [0.1, 0.15) is 48.3 Å². The van der Waals surface area contributed by atoms with Crippen LogP contribution < -0.4 is 4.57 Å². The van der Waals surface area contributed by atoms with E-state index in [0.717, 1.165) is 5.92 Å². The Morgan fingerprint density at radius 1 is 1.00 bits per heavy atom. The number of aromatic nitrogens is 1. The molecule has 0 N–H and O–H groups in total. The molecule has 1 aliphatic carbocycles. The van der Waals surface area contributed by atoms with E-state index in [1.165, 1.54) is 48.1 Å². The molecule has 0 unspecified atom stereocenters. The van der Waals surface area contributed by atoms with E-state index in [9.17, 15) is 0 Å². The standard InChI is InChI=1S/C19H24N/c1-14-12-15(2)18(19-10-6-7-11-20(19)3)13-17(14)16-8-4-5-9-16/h6-7,10-13,16H,4-5,8-9H2,1-3H3/q+1. The monoisotopic (exact) mass is 266 g/mol. The minimum atomic E-state index is 0.781. The third-order valence-corrected chi connectivity index (χ3v) is 4.74. The minimum Gasteiger partial charge on any atom is -0.201 e. The Morgan fingerprint density at radius 2 is 1.75 bits per heavy atom. The van der Waals surface area contributed by atoms with Gasteiger partial charge >= 0.3 is 0 Å². The summed E-state index contributed by atoms with van der Waals surface area (Å²) in [5, 5.41) is 0. The second-order valence-electron chi connectivity index (χ2n) is 6.20. The highest BCUT2D eigenvalue weighted by Gasteiger charge is 2.21. The first-order valence-corrected chi connectivity index (χ1v) is 7.73. The highest BCUT2D eigenvalue weighted by Crippen LogP contribution is 2.38. The van der Waals surface area contributed by atoms with Crippen LogP contribution in [0.15, 0.2) is 36.5 Å². The van der Waals surface area contributed by atoms with Crippen molar-refractivity contribution in [3.63, 3.8) is 0 Å². The molecular weight excluding hydrogens is 242 g/mol. The molecule has 0 aliphatic heterocycles. The summed E-state index contributed by atoms with van der Waals surface area (Å²) in [5.74, 6) is 0.781. The Hall–Kier alpha value is -1.63. The summed E-state index contributed by atoms with van der Waals surface area (Å²) in [5.41, 5.74) is 7.12. The first-order chi connectivity index (χ1) is 9.66. The molecule has 0 amide bonds. The molecular formula is C19H24N+. The maximum absolute atomic E-state index is 2.45. The maximum Gasteiger partial charge on any atom is 0.212 e. The fourth-order valence-electron chi connectivity index (χ4n) is 3.62. The quantitative estimate of drug-likeness (QED) is 0.707. The average Bonchev–Trinajstić information content (AvgIpc) is 2.94. The molecule has 1 heterocycles. The Bertz CT molecular complexity index is 622. The Kier molecular flexibility index (Phi) is 3.60. The van der Waals surface area contributed by atoms with Gasteiger partial charge in [-0.15, -0.1) is 0 Å². The summed E-state index contributed by atoms with van der Waals surface area (Å²) in [6.45, 7) is 4.50. The van der Waals surface area contributed by atoms with Crippen molar-refractivity contribution in [2.75, 3.05) is 0 Å². The van der Waals surface area contributed by atoms with Gasteiger partial charge in [-0.25, -0.2) is 4.57 Å². The zero-order valence-corrected chi connectivity index (χ0v) is 12.8. The molecule has 20 heavy (non-hydrogen) atoms. The van der Waals surface area contributed by atoms with Gasteiger partial charge in [0.1, 0.15) is 7.05 Å². The number of hydrogen-bond acceptors (Lipinski definition) is 0. The second kappa shape index (κ2) is 5.40. The summed E-state index contributed by atoms with van der Waals surface area (Å²) in [6.07, 6.45) is 7.65. The maximum atomic E-state index is 2.45. The third kappa shape index (κ3) is 2.37. The van der Waals surface area contributed by atoms with Crippen molar-refractivity contribution in [1.82, 2.24) is 0 Å². The van der Waals surface area contributed by atoms with Crippen LogP contribution in [0.2, 0.25) is 0 Å². The Morgan fingerprint density at radius 3 is 2.45 bits per heavy atom. The molecule has 1 aromatic carbocycles. The summed E-state index contributed by atoms with van der Waals surface area (Å²) < 4.78 is 2.22. The first-order valence-electron chi connectivity index (χ1n) is 7.73. The van der Waals surface area contributed by atoms with Crippen LogP contribution >= 0.6 is 0 Å². The number of nitrogens with zero attached hydrogens (tertiary/aromatic N) is 1. The molecule has 1 aromatic heterocycles. The van der Waals surface area contributed by atoms with Gasteiger partial charge in [-0.1, -0.05) is 18.9 Å². The van der Waals surface area contributed by atoms with Crippen molar-refractivity contribution in [1.29, 1.82) is 0 Å². The SMILES string of the molecule is Cc1cc(C)c(C2CCCC2)cc1-c1cccc[n+]1C. The van der Waals surface area contributed by atoms with E-state index in [-0.39, 0.29) is 0 Å².